The van der Waals surface area contributed by atoms with Gasteiger partial charge in [-0.25, -0.2) is 0 Å². The standard InChI is InChI=1S/C14H18O2/c1-16-12-5-4-11-6-7-14(15,13(11)8-12)9-10-2-3-10/h4-5,8,10,15H,2-3,6-7,9H2,1H3. The minimum atomic E-state index is -0.578. The second kappa shape index (κ2) is 3.49. The van der Waals surface area contributed by atoms with Gasteiger partial charge in [0, 0.05) is 0 Å². The SMILES string of the molecule is COc1ccc2c(c1)C(O)(CC1CC1)CC2. The first-order chi connectivity index (χ1) is 7.71. The molecule has 0 amide bonds. The summed E-state index contributed by atoms with van der Waals surface area (Å²) in [5.74, 6) is 1.61. The van der Waals surface area contributed by atoms with E-state index in [9.17, 15) is 5.11 Å². The highest BCUT2D eigenvalue weighted by molar-refractivity contribution is 5.42. The van der Waals surface area contributed by atoms with Gasteiger partial charge < -0.3 is 9.84 Å². The highest BCUT2D eigenvalue weighted by atomic mass is 16.5. The molecule has 2 aliphatic carbocycles. The third-order valence-electron chi connectivity index (χ3n) is 3.95. The smallest absolute Gasteiger partial charge is 0.119 e. The summed E-state index contributed by atoms with van der Waals surface area (Å²) in [5.41, 5.74) is 1.83. The molecule has 0 heterocycles. The van der Waals surface area contributed by atoms with Crippen LogP contribution in [-0.4, -0.2) is 12.2 Å². The number of benzene rings is 1. The topological polar surface area (TPSA) is 29.5 Å². The maximum atomic E-state index is 10.7. The van der Waals surface area contributed by atoms with Crippen LogP contribution >= 0.6 is 0 Å². The molecule has 1 N–H and O–H groups in total. The number of ether oxygens (including phenoxy) is 1. The molecular weight excluding hydrogens is 200 g/mol. The van der Waals surface area contributed by atoms with Gasteiger partial charge in [0.1, 0.15) is 5.75 Å². The van der Waals surface area contributed by atoms with Gasteiger partial charge in [0.2, 0.25) is 0 Å². The van der Waals surface area contributed by atoms with E-state index in [-0.39, 0.29) is 0 Å². The maximum absolute atomic E-state index is 10.7. The van der Waals surface area contributed by atoms with Crippen LogP contribution in [0.1, 0.15) is 36.8 Å². The van der Waals surface area contributed by atoms with Gasteiger partial charge in [-0.2, -0.15) is 0 Å². The Kier molecular flexibility index (Phi) is 2.21. The van der Waals surface area contributed by atoms with Crippen molar-refractivity contribution in [1.29, 1.82) is 0 Å². The molecule has 86 valence electrons. The minimum absolute atomic E-state index is 0.578. The predicted octanol–water partition coefficient (Wildman–Crippen LogP) is 2.63. The Morgan fingerprint density at radius 2 is 2.25 bits per heavy atom. The number of aliphatic hydroxyl groups is 1. The molecule has 0 spiro atoms. The highest BCUT2D eigenvalue weighted by Gasteiger charge is 2.41. The molecule has 1 aromatic rings. The molecule has 3 rings (SSSR count). The molecule has 0 aliphatic heterocycles. The Balaban J connectivity index is 1.95. The number of rotatable bonds is 3. The normalized spacial score (nSPS) is 27.9. The van der Waals surface area contributed by atoms with Gasteiger partial charge in [-0.3, -0.25) is 0 Å². The summed E-state index contributed by atoms with van der Waals surface area (Å²) in [6.07, 6.45) is 5.41. The third-order valence-corrected chi connectivity index (χ3v) is 3.95. The Bertz CT molecular complexity index is 409. The van der Waals surface area contributed by atoms with Crippen LogP contribution in [0.3, 0.4) is 0 Å². The van der Waals surface area contributed by atoms with Gasteiger partial charge in [0.15, 0.2) is 0 Å². The van der Waals surface area contributed by atoms with E-state index in [1.54, 1.807) is 7.11 Å². The third kappa shape index (κ3) is 1.61. The number of hydrogen-bond acceptors (Lipinski definition) is 2. The average molecular weight is 218 g/mol. The van der Waals surface area contributed by atoms with Crippen molar-refractivity contribution in [1.82, 2.24) is 0 Å². The van der Waals surface area contributed by atoms with Gasteiger partial charge in [0.25, 0.3) is 0 Å². The zero-order valence-corrected chi connectivity index (χ0v) is 9.70. The van der Waals surface area contributed by atoms with Crippen LogP contribution in [0.2, 0.25) is 0 Å². The van der Waals surface area contributed by atoms with E-state index in [1.807, 2.05) is 12.1 Å². The van der Waals surface area contributed by atoms with Crippen LogP contribution in [0.5, 0.6) is 5.75 Å². The molecule has 1 fully saturated rings. The predicted molar refractivity (Wildman–Crippen MR) is 62.6 cm³/mol. The van der Waals surface area contributed by atoms with Crippen LogP contribution in [0.4, 0.5) is 0 Å². The largest absolute Gasteiger partial charge is 0.497 e. The van der Waals surface area contributed by atoms with E-state index in [0.717, 1.165) is 36.5 Å². The molecule has 2 heteroatoms. The highest BCUT2D eigenvalue weighted by Crippen LogP contribution is 2.47. The number of aryl methyl sites for hydroxylation is 1. The van der Waals surface area contributed by atoms with Crippen molar-refractivity contribution in [2.24, 2.45) is 5.92 Å². The van der Waals surface area contributed by atoms with Crippen LogP contribution in [0.25, 0.3) is 0 Å². The lowest BCUT2D eigenvalue weighted by Gasteiger charge is -2.24. The Morgan fingerprint density at radius 1 is 1.44 bits per heavy atom. The molecule has 0 aromatic heterocycles. The lowest BCUT2D eigenvalue weighted by molar-refractivity contribution is 0.0236. The van der Waals surface area contributed by atoms with Crippen molar-refractivity contribution >= 4 is 0 Å². The van der Waals surface area contributed by atoms with E-state index in [4.69, 9.17) is 4.74 Å². The molecule has 2 aliphatic rings. The summed E-state index contributed by atoms with van der Waals surface area (Å²) >= 11 is 0. The van der Waals surface area contributed by atoms with Crippen LogP contribution in [0, 0.1) is 5.92 Å². The van der Waals surface area contributed by atoms with Crippen LogP contribution in [-0.2, 0) is 12.0 Å². The van der Waals surface area contributed by atoms with E-state index in [1.165, 1.54) is 18.4 Å². The summed E-state index contributed by atoms with van der Waals surface area (Å²) in [4.78, 5) is 0. The summed E-state index contributed by atoms with van der Waals surface area (Å²) in [7, 11) is 1.68. The molecule has 1 atom stereocenters. The van der Waals surface area contributed by atoms with E-state index in [2.05, 4.69) is 6.07 Å². The van der Waals surface area contributed by atoms with Crippen LogP contribution in [0.15, 0.2) is 18.2 Å². The molecular formula is C14H18O2. The first-order valence-corrected chi connectivity index (χ1v) is 6.11. The number of methoxy groups -OCH3 is 1. The van der Waals surface area contributed by atoms with Gasteiger partial charge >= 0.3 is 0 Å². The zero-order chi connectivity index (χ0) is 11.2. The first kappa shape index (κ1) is 10.2. The number of hydrogen-bond donors (Lipinski definition) is 1. The van der Waals surface area contributed by atoms with Crippen molar-refractivity contribution in [3.63, 3.8) is 0 Å². The second-order valence-corrected chi connectivity index (χ2v) is 5.20. The molecule has 1 saturated carbocycles. The van der Waals surface area contributed by atoms with Gasteiger partial charge in [-0.05, 0) is 48.4 Å². The van der Waals surface area contributed by atoms with E-state index < -0.39 is 5.60 Å². The van der Waals surface area contributed by atoms with Gasteiger partial charge in [-0.1, -0.05) is 18.9 Å². The lowest BCUT2D eigenvalue weighted by Crippen LogP contribution is -2.22. The summed E-state index contributed by atoms with van der Waals surface area (Å²) in [6.45, 7) is 0. The molecule has 0 saturated heterocycles. The summed E-state index contributed by atoms with van der Waals surface area (Å²) in [5, 5.41) is 10.7. The minimum Gasteiger partial charge on any atom is -0.497 e. The monoisotopic (exact) mass is 218 g/mol. The fourth-order valence-corrected chi connectivity index (χ4v) is 2.82. The summed E-state index contributed by atoms with van der Waals surface area (Å²) < 4.78 is 5.24. The first-order valence-electron chi connectivity index (χ1n) is 6.11. The molecule has 0 bridgehead atoms. The second-order valence-electron chi connectivity index (χ2n) is 5.20. The maximum Gasteiger partial charge on any atom is 0.119 e. The van der Waals surface area contributed by atoms with Gasteiger partial charge in [0.05, 0.1) is 12.7 Å². The quantitative estimate of drug-likeness (QED) is 0.845. The molecule has 1 aromatic carbocycles. The van der Waals surface area contributed by atoms with Crippen molar-refractivity contribution in [2.75, 3.05) is 7.11 Å². The fraction of sp³-hybridized carbons (Fsp3) is 0.571. The van der Waals surface area contributed by atoms with Crippen molar-refractivity contribution in [3.8, 4) is 5.75 Å². The van der Waals surface area contributed by atoms with Crippen LogP contribution < -0.4 is 4.74 Å². The Labute approximate surface area is 96.2 Å². The number of fused-ring (bicyclic) bond motifs is 1. The molecule has 2 nitrogen and oxygen atoms in total. The fourth-order valence-electron chi connectivity index (χ4n) is 2.82. The summed E-state index contributed by atoms with van der Waals surface area (Å²) in [6, 6.07) is 6.10. The molecule has 16 heavy (non-hydrogen) atoms. The molecule has 0 radical (unpaired) electrons. The molecule has 1 unspecified atom stereocenters. The van der Waals surface area contributed by atoms with E-state index in [0.29, 0.717) is 0 Å². The zero-order valence-electron chi connectivity index (χ0n) is 9.70. The van der Waals surface area contributed by atoms with Crippen molar-refractivity contribution < 1.29 is 9.84 Å². The lowest BCUT2D eigenvalue weighted by atomic mass is 9.90. The Hall–Kier alpha value is -1.02. The van der Waals surface area contributed by atoms with Crippen molar-refractivity contribution in [3.05, 3.63) is 29.3 Å². The average Bonchev–Trinajstić information content (AvgIpc) is 3.04. The van der Waals surface area contributed by atoms with E-state index >= 15 is 0 Å². The van der Waals surface area contributed by atoms with Gasteiger partial charge in [-0.15, -0.1) is 0 Å². The Morgan fingerprint density at radius 3 is 2.94 bits per heavy atom. The van der Waals surface area contributed by atoms with Crippen molar-refractivity contribution in [2.45, 2.75) is 37.7 Å².